The number of sulfonamides is 1. The Morgan fingerprint density at radius 1 is 1.17 bits per heavy atom. The van der Waals surface area contributed by atoms with Crippen LogP contribution in [0.2, 0.25) is 0 Å². The Balaban J connectivity index is 2.56. The van der Waals surface area contributed by atoms with Crippen molar-refractivity contribution < 1.29 is 13.2 Å². The zero-order chi connectivity index (χ0) is 18.3. The standard InChI is InChI=1S/C15H24N4O3S2/c1-11(2)9-10-16-15(23)18-17-14(20)12-5-7-13(8-6-12)24(21,22)19(3)4/h5-8,11H,9-10H2,1-4H3,(H,17,20)(H2,16,18,23). The molecule has 0 bridgehead atoms. The molecule has 0 unspecified atom stereocenters. The molecule has 0 spiro atoms. The van der Waals surface area contributed by atoms with E-state index in [1.54, 1.807) is 0 Å². The zero-order valence-corrected chi connectivity index (χ0v) is 15.9. The van der Waals surface area contributed by atoms with Crippen LogP contribution in [0.5, 0.6) is 0 Å². The molecule has 0 heterocycles. The van der Waals surface area contributed by atoms with Gasteiger partial charge in [-0.15, -0.1) is 0 Å². The van der Waals surface area contributed by atoms with Gasteiger partial charge in [0.25, 0.3) is 5.91 Å². The summed E-state index contributed by atoms with van der Waals surface area (Å²) in [6, 6.07) is 5.68. The van der Waals surface area contributed by atoms with Gasteiger partial charge in [0.1, 0.15) is 0 Å². The first kappa shape index (κ1) is 20.3. The minimum atomic E-state index is -3.51. The SMILES string of the molecule is CC(C)CCNC(=S)NNC(=O)c1ccc(S(=O)(=O)N(C)C)cc1. The Hall–Kier alpha value is -1.71. The topological polar surface area (TPSA) is 90.5 Å². The van der Waals surface area contributed by atoms with Crippen LogP contribution in [0.25, 0.3) is 0 Å². The molecule has 9 heteroatoms. The molecule has 7 nitrogen and oxygen atoms in total. The predicted octanol–water partition coefficient (Wildman–Crippen LogP) is 1.09. The van der Waals surface area contributed by atoms with Crippen molar-refractivity contribution in [2.24, 2.45) is 5.92 Å². The van der Waals surface area contributed by atoms with Crippen LogP contribution in [-0.4, -0.2) is 44.4 Å². The predicted molar refractivity (Wildman–Crippen MR) is 98.0 cm³/mol. The molecule has 3 N–H and O–H groups in total. The first-order chi connectivity index (χ1) is 11.1. The molecule has 1 amide bonds. The lowest BCUT2D eigenvalue weighted by Crippen LogP contribution is -2.47. The molecule has 0 aliphatic heterocycles. The highest BCUT2D eigenvalue weighted by Gasteiger charge is 2.17. The summed E-state index contributed by atoms with van der Waals surface area (Å²) in [6.45, 7) is 4.94. The second-order valence-electron chi connectivity index (χ2n) is 5.83. The van der Waals surface area contributed by atoms with Gasteiger partial charge in [0, 0.05) is 26.2 Å². The van der Waals surface area contributed by atoms with E-state index < -0.39 is 15.9 Å². The number of benzene rings is 1. The van der Waals surface area contributed by atoms with Crippen molar-refractivity contribution in [2.75, 3.05) is 20.6 Å². The second kappa shape index (κ2) is 8.95. The molecular weight excluding hydrogens is 348 g/mol. The first-order valence-electron chi connectivity index (χ1n) is 7.51. The van der Waals surface area contributed by atoms with E-state index in [2.05, 4.69) is 30.0 Å². The van der Waals surface area contributed by atoms with Gasteiger partial charge >= 0.3 is 0 Å². The Morgan fingerprint density at radius 2 is 1.75 bits per heavy atom. The van der Waals surface area contributed by atoms with Crippen LogP contribution in [0.1, 0.15) is 30.6 Å². The van der Waals surface area contributed by atoms with Gasteiger partial charge in [-0.1, -0.05) is 13.8 Å². The Morgan fingerprint density at radius 3 is 2.25 bits per heavy atom. The number of carbonyl (C=O) groups is 1. The van der Waals surface area contributed by atoms with Crippen LogP contribution in [0, 0.1) is 5.92 Å². The number of amides is 1. The fourth-order valence-electron chi connectivity index (χ4n) is 1.69. The van der Waals surface area contributed by atoms with Crippen molar-refractivity contribution in [1.82, 2.24) is 20.5 Å². The Kier molecular flexibility index (Phi) is 7.59. The van der Waals surface area contributed by atoms with Gasteiger partial charge in [-0.25, -0.2) is 12.7 Å². The summed E-state index contributed by atoms with van der Waals surface area (Å²) in [5, 5.41) is 3.31. The van der Waals surface area contributed by atoms with E-state index in [-0.39, 0.29) is 4.90 Å². The lowest BCUT2D eigenvalue weighted by atomic mass is 10.1. The van der Waals surface area contributed by atoms with Gasteiger partial charge in [-0.3, -0.25) is 15.6 Å². The smallest absolute Gasteiger partial charge is 0.269 e. The average molecular weight is 373 g/mol. The van der Waals surface area contributed by atoms with Crippen LogP contribution >= 0.6 is 12.2 Å². The first-order valence-corrected chi connectivity index (χ1v) is 9.36. The van der Waals surface area contributed by atoms with E-state index in [9.17, 15) is 13.2 Å². The number of hydrogen-bond acceptors (Lipinski definition) is 4. The van der Waals surface area contributed by atoms with Gasteiger partial charge < -0.3 is 5.32 Å². The van der Waals surface area contributed by atoms with Crippen LogP contribution in [0.15, 0.2) is 29.2 Å². The van der Waals surface area contributed by atoms with Crippen molar-refractivity contribution in [3.63, 3.8) is 0 Å². The fourth-order valence-corrected chi connectivity index (χ4v) is 2.75. The van der Waals surface area contributed by atoms with E-state index in [0.717, 1.165) is 17.3 Å². The summed E-state index contributed by atoms with van der Waals surface area (Å²) in [5.41, 5.74) is 5.40. The van der Waals surface area contributed by atoms with E-state index >= 15 is 0 Å². The molecule has 24 heavy (non-hydrogen) atoms. The third-order valence-corrected chi connectivity index (χ3v) is 5.27. The van der Waals surface area contributed by atoms with Gasteiger partial charge in [0.15, 0.2) is 5.11 Å². The molecule has 134 valence electrons. The van der Waals surface area contributed by atoms with E-state index in [4.69, 9.17) is 12.2 Å². The summed E-state index contributed by atoms with van der Waals surface area (Å²) in [5.74, 6) is 0.156. The molecule has 0 aliphatic carbocycles. The van der Waals surface area contributed by atoms with Gasteiger partial charge in [-0.2, -0.15) is 0 Å². The second-order valence-corrected chi connectivity index (χ2v) is 8.39. The highest BCUT2D eigenvalue weighted by Crippen LogP contribution is 2.13. The molecule has 1 aromatic carbocycles. The molecule has 0 aromatic heterocycles. The molecule has 0 saturated heterocycles. The Labute approximate surface area is 148 Å². The fraction of sp³-hybridized carbons (Fsp3) is 0.467. The quantitative estimate of drug-likeness (QED) is 0.512. The number of nitrogens with zero attached hydrogens (tertiary/aromatic N) is 1. The molecule has 1 aromatic rings. The summed E-state index contributed by atoms with van der Waals surface area (Å²) in [4.78, 5) is 12.1. The number of rotatable bonds is 6. The third kappa shape index (κ3) is 6.06. The zero-order valence-electron chi connectivity index (χ0n) is 14.3. The molecule has 0 saturated carbocycles. The van der Waals surface area contributed by atoms with Crippen LogP contribution in [-0.2, 0) is 10.0 Å². The maximum absolute atomic E-state index is 12.0. The molecule has 0 fully saturated rings. The van der Waals surface area contributed by atoms with Crippen molar-refractivity contribution in [3.8, 4) is 0 Å². The van der Waals surface area contributed by atoms with Crippen LogP contribution < -0.4 is 16.2 Å². The lowest BCUT2D eigenvalue weighted by molar-refractivity contribution is 0.0943. The minimum absolute atomic E-state index is 0.128. The third-order valence-electron chi connectivity index (χ3n) is 3.19. The van der Waals surface area contributed by atoms with Crippen molar-refractivity contribution in [3.05, 3.63) is 29.8 Å². The van der Waals surface area contributed by atoms with E-state index in [0.29, 0.717) is 16.6 Å². The highest BCUT2D eigenvalue weighted by molar-refractivity contribution is 7.89. The van der Waals surface area contributed by atoms with Crippen molar-refractivity contribution >= 4 is 33.3 Å². The van der Waals surface area contributed by atoms with Crippen molar-refractivity contribution in [2.45, 2.75) is 25.2 Å². The monoisotopic (exact) mass is 372 g/mol. The Bertz CT molecular complexity index is 670. The number of nitrogens with one attached hydrogen (secondary N) is 3. The lowest BCUT2D eigenvalue weighted by Gasteiger charge is -2.13. The molecule has 0 atom stereocenters. The van der Waals surface area contributed by atoms with Crippen molar-refractivity contribution in [1.29, 1.82) is 0 Å². The van der Waals surface area contributed by atoms with Gasteiger partial charge in [0.05, 0.1) is 4.90 Å². The van der Waals surface area contributed by atoms with E-state index in [1.165, 1.54) is 38.4 Å². The normalized spacial score (nSPS) is 11.4. The number of carbonyl (C=O) groups excluding carboxylic acids is 1. The minimum Gasteiger partial charge on any atom is -0.361 e. The molecule has 0 radical (unpaired) electrons. The summed E-state index contributed by atoms with van der Waals surface area (Å²) >= 11 is 5.05. The maximum atomic E-state index is 12.0. The maximum Gasteiger partial charge on any atom is 0.269 e. The summed E-state index contributed by atoms with van der Waals surface area (Å²) < 4.78 is 25.0. The van der Waals surface area contributed by atoms with Crippen LogP contribution in [0.4, 0.5) is 0 Å². The van der Waals surface area contributed by atoms with Gasteiger partial charge in [0.2, 0.25) is 10.0 Å². The highest BCUT2D eigenvalue weighted by atomic mass is 32.2. The van der Waals surface area contributed by atoms with Crippen LogP contribution in [0.3, 0.4) is 0 Å². The number of thiocarbonyl (C=S) groups is 1. The van der Waals surface area contributed by atoms with E-state index in [1.807, 2.05) is 0 Å². The molecule has 0 aliphatic rings. The molecule has 1 rings (SSSR count). The van der Waals surface area contributed by atoms with Gasteiger partial charge in [-0.05, 0) is 48.8 Å². The number of hydrogen-bond donors (Lipinski definition) is 3. The number of hydrazine groups is 1. The largest absolute Gasteiger partial charge is 0.361 e. The summed E-state index contributed by atoms with van der Waals surface area (Å²) in [6.07, 6.45) is 0.970. The summed E-state index contributed by atoms with van der Waals surface area (Å²) in [7, 11) is -0.604. The molecular formula is C15H24N4O3S2. The average Bonchev–Trinajstić information content (AvgIpc) is 2.52.